The molecular formula is C22H18Cl5N3O4. The first-order chi connectivity index (χ1) is 16.0. The number of hydrogen-bond donors (Lipinski definition) is 2. The molecule has 3 amide bonds. The number of hydrogen-bond acceptors (Lipinski definition) is 4. The summed E-state index contributed by atoms with van der Waals surface area (Å²) in [5.41, 5.74) is 1.03. The summed E-state index contributed by atoms with van der Waals surface area (Å²) in [4.78, 5) is 43.1. The van der Waals surface area contributed by atoms with Crippen LogP contribution in [0.1, 0.15) is 28.8 Å². The number of likely N-dealkylation sites (N-methyl/N-ethyl adjacent to an activating group) is 1. The normalized spacial score (nSPS) is 23.1. The van der Waals surface area contributed by atoms with Gasteiger partial charge in [0.25, 0.3) is 11.8 Å². The average molecular weight is 566 g/mol. The van der Waals surface area contributed by atoms with Gasteiger partial charge in [0.15, 0.2) is 0 Å². The van der Waals surface area contributed by atoms with Crippen LogP contribution in [0.2, 0.25) is 15.1 Å². The van der Waals surface area contributed by atoms with Gasteiger partial charge in [-0.05, 0) is 48.9 Å². The fraction of sp³-hybridized carbons (Fsp3) is 0.318. The predicted octanol–water partition coefficient (Wildman–Crippen LogP) is 5.06. The minimum absolute atomic E-state index is 0.0244. The summed E-state index contributed by atoms with van der Waals surface area (Å²) in [7, 11) is 0. The summed E-state index contributed by atoms with van der Waals surface area (Å²) in [5.74, 6) is -2.66. The summed E-state index contributed by atoms with van der Waals surface area (Å²) >= 11 is 31.1. The van der Waals surface area contributed by atoms with Crippen LogP contribution in [0, 0.1) is 5.92 Å². The number of nitrogens with one attached hydrogen (secondary N) is 2. The second kappa shape index (κ2) is 9.72. The summed E-state index contributed by atoms with van der Waals surface area (Å²) < 4.78 is -1.35. The Labute approximate surface area is 220 Å². The van der Waals surface area contributed by atoms with Gasteiger partial charge in [-0.2, -0.15) is 0 Å². The molecule has 0 unspecified atom stereocenters. The molecule has 1 aliphatic heterocycles. The molecule has 7 nitrogen and oxygen atoms in total. The minimum Gasteiger partial charge on any atom is -0.338 e. The van der Waals surface area contributed by atoms with Crippen molar-refractivity contribution in [3.05, 3.63) is 62.6 Å². The molecule has 0 aromatic heterocycles. The maximum Gasteiger partial charge on any atom is 0.271 e. The molecule has 0 radical (unpaired) electrons. The second-order valence-corrected chi connectivity index (χ2v) is 10.6. The first kappa shape index (κ1) is 25.4. The molecule has 1 heterocycles. The number of benzene rings is 2. The fourth-order valence-electron chi connectivity index (χ4n) is 3.88. The molecule has 0 spiro atoms. The molecule has 180 valence electrons. The third-order valence-electron chi connectivity index (χ3n) is 5.59. The Hall–Kier alpha value is -1.74. The van der Waals surface area contributed by atoms with Gasteiger partial charge in [-0.15, -0.1) is 23.2 Å². The number of anilines is 1. The van der Waals surface area contributed by atoms with Gasteiger partial charge in [-0.1, -0.05) is 34.8 Å². The number of rotatable bonds is 6. The number of carbonyl (C=O) groups is 3. The Balaban J connectivity index is 1.47. The van der Waals surface area contributed by atoms with Crippen molar-refractivity contribution in [3.8, 4) is 0 Å². The Morgan fingerprint density at radius 1 is 1.12 bits per heavy atom. The number of alkyl halides is 2. The molecular weight excluding hydrogens is 548 g/mol. The van der Waals surface area contributed by atoms with Gasteiger partial charge >= 0.3 is 0 Å². The highest BCUT2D eigenvalue weighted by molar-refractivity contribution is 6.53. The second-order valence-electron chi connectivity index (χ2n) is 7.87. The smallest absolute Gasteiger partial charge is 0.271 e. The first-order valence-electron chi connectivity index (χ1n) is 10.2. The number of nitrogens with zero attached hydrogens (tertiary/aromatic N) is 1. The Kier molecular flexibility index (Phi) is 7.25. The first-order valence-corrected chi connectivity index (χ1v) is 12.1. The van der Waals surface area contributed by atoms with Gasteiger partial charge in [0.2, 0.25) is 5.91 Å². The lowest BCUT2D eigenvalue weighted by atomic mass is 10.1. The summed E-state index contributed by atoms with van der Waals surface area (Å²) in [6.07, 6.45) is 0. The van der Waals surface area contributed by atoms with E-state index in [0.717, 1.165) is 0 Å². The summed E-state index contributed by atoms with van der Waals surface area (Å²) in [6.45, 7) is 2.14. The third kappa shape index (κ3) is 4.96. The molecule has 1 saturated carbocycles. The van der Waals surface area contributed by atoms with Gasteiger partial charge in [0.1, 0.15) is 17.0 Å². The molecule has 3 atom stereocenters. The van der Waals surface area contributed by atoms with Crippen LogP contribution < -0.4 is 10.6 Å². The lowest BCUT2D eigenvalue weighted by Crippen LogP contribution is -2.42. The van der Waals surface area contributed by atoms with Gasteiger partial charge in [-0.3, -0.25) is 19.2 Å². The maximum atomic E-state index is 13.0. The van der Waals surface area contributed by atoms with Crippen LogP contribution in [0.15, 0.2) is 36.4 Å². The zero-order valence-electron chi connectivity index (χ0n) is 17.6. The van der Waals surface area contributed by atoms with Crippen molar-refractivity contribution in [1.29, 1.82) is 0 Å². The van der Waals surface area contributed by atoms with Crippen molar-refractivity contribution in [3.63, 3.8) is 0 Å². The van der Waals surface area contributed by atoms with E-state index in [4.69, 9.17) is 62.8 Å². The minimum atomic E-state index is -1.35. The lowest BCUT2D eigenvalue weighted by molar-refractivity contribution is -0.160. The van der Waals surface area contributed by atoms with Crippen LogP contribution >= 0.6 is 58.0 Å². The molecule has 1 saturated heterocycles. The highest BCUT2D eigenvalue weighted by atomic mass is 35.5. The van der Waals surface area contributed by atoms with Crippen molar-refractivity contribution in [2.75, 3.05) is 18.5 Å². The standard InChI is InChI=1S/C22H18Cl5N3O4/c1-2-30-21(33)16(9-34-30)29-19(31)14-8-13(3-4-15(14)25)28-20(32)18-17(22(18,26)27)10-5-11(23)7-12(24)6-10/h3-8,16-18H,2,9H2,1H3,(H,28,32)(H,29,31)/t16-,17+,18-/m1/s1. The van der Waals surface area contributed by atoms with Gasteiger partial charge in [0, 0.05) is 28.2 Å². The predicted molar refractivity (Wildman–Crippen MR) is 132 cm³/mol. The molecule has 1 aliphatic carbocycles. The van der Waals surface area contributed by atoms with E-state index in [0.29, 0.717) is 27.8 Å². The van der Waals surface area contributed by atoms with Crippen LogP contribution in [0.3, 0.4) is 0 Å². The van der Waals surface area contributed by atoms with E-state index in [1.54, 1.807) is 25.1 Å². The zero-order chi connectivity index (χ0) is 24.8. The maximum absolute atomic E-state index is 13.0. The molecule has 34 heavy (non-hydrogen) atoms. The van der Waals surface area contributed by atoms with Crippen molar-refractivity contribution in [2.45, 2.75) is 23.2 Å². The van der Waals surface area contributed by atoms with Crippen molar-refractivity contribution >= 4 is 81.4 Å². The van der Waals surface area contributed by atoms with Gasteiger partial charge < -0.3 is 10.6 Å². The number of amides is 3. The Bertz CT molecular complexity index is 1150. The molecule has 2 aromatic rings. The number of carbonyl (C=O) groups excluding carboxylic acids is 3. The summed E-state index contributed by atoms with van der Waals surface area (Å²) in [5, 5.41) is 7.44. The Morgan fingerprint density at radius 2 is 1.79 bits per heavy atom. The van der Waals surface area contributed by atoms with E-state index >= 15 is 0 Å². The molecule has 12 heteroatoms. The molecule has 2 aliphatic rings. The van der Waals surface area contributed by atoms with E-state index in [1.165, 1.54) is 23.3 Å². The highest BCUT2D eigenvalue weighted by Crippen LogP contribution is 2.65. The average Bonchev–Trinajstić information content (AvgIpc) is 3.18. The van der Waals surface area contributed by atoms with Gasteiger partial charge in [0.05, 0.1) is 16.5 Å². The van der Waals surface area contributed by atoms with Crippen molar-refractivity contribution in [1.82, 2.24) is 10.4 Å². The van der Waals surface area contributed by atoms with Crippen LogP contribution in [0.5, 0.6) is 0 Å². The molecule has 2 aromatic carbocycles. The SMILES string of the molecule is CCN1OC[C@@H](NC(=O)c2cc(NC(=O)[C@H]3[C@H](c4cc(Cl)cc(Cl)c4)C3(Cl)Cl)ccc2Cl)C1=O. The molecule has 2 N–H and O–H groups in total. The zero-order valence-corrected chi connectivity index (χ0v) is 21.4. The topological polar surface area (TPSA) is 87.7 Å². The molecule has 4 rings (SSSR count). The van der Waals surface area contributed by atoms with Crippen LogP contribution in [-0.4, -0.2) is 46.3 Å². The fourth-order valence-corrected chi connectivity index (χ4v) is 5.45. The van der Waals surface area contributed by atoms with Crippen LogP contribution in [-0.2, 0) is 14.4 Å². The van der Waals surface area contributed by atoms with Crippen LogP contribution in [0.4, 0.5) is 5.69 Å². The van der Waals surface area contributed by atoms with Crippen molar-refractivity contribution < 1.29 is 19.2 Å². The van der Waals surface area contributed by atoms with E-state index < -0.39 is 34.0 Å². The van der Waals surface area contributed by atoms with Crippen molar-refractivity contribution in [2.24, 2.45) is 5.92 Å². The van der Waals surface area contributed by atoms with E-state index in [9.17, 15) is 14.4 Å². The quantitative estimate of drug-likeness (QED) is 0.479. The van der Waals surface area contributed by atoms with E-state index in [2.05, 4.69) is 10.6 Å². The highest BCUT2D eigenvalue weighted by Gasteiger charge is 2.67. The number of hydroxylamine groups is 2. The van der Waals surface area contributed by atoms with E-state index in [1.807, 2.05) is 0 Å². The number of halogens is 5. The third-order valence-corrected chi connectivity index (χ3v) is 7.30. The van der Waals surface area contributed by atoms with Crippen LogP contribution in [0.25, 0.3) is 0 Å². The monoisotopic (exact) mass is 563 g/mol. The Morgan fingerprint density at radius 3 is 2.41 bits per heavy atom. The lowest BCUT2D eigenvalue weighted by Gasteiger charge is -2.13. The molecule has 2 fully saturated rings. The largest absolute Gasteiger partial charge is 0.338 e. The van der Waals surface area contributed by atoms with Gasteiger partial charge in [-0.25, -0.2) is 5.06 Å². The summed E-state index contributed by atoms with van der Waals surface area (Å²) in [6, 6.07) is 8.47. The van der Waals surface area contributed by atoms with E-state index in [-0.39, 0.29) is 23.1 Å². The molecule has 0 bridgehead atoms.